The summed E-state index contributed by atoms with van der Waals surface area (Å²) < 4.78 is 0. The molecule has 35 heavy (non-hydrogen) atoms. The molecule has 4 rings (SSSR count). The van der Waals surface area contributed by atoms with Gasteiger partial charge in [-0.3, -0.25) is 19.2 Å². The van der Waals surface area contributed by atoms with Gasteiger partial charge >= 0.3 is 5.97 Å². The number of aromatic nitrogens is 1. The van der Waals surface area contributed by atoms with Crippen molar-refractivity contribution in [1.82, 2.24) is 10.3 Å². The molecule has 2 amide bonds. The van der Waals surface area contributed by atoms with Gasteiger partial charge in [0.15, 0.2) is 5.43 Å². The van der Waals surface area contributed by atoms with Crippen molar-refractivity contribution in [2.75, 3.05) is 5.32 Å². The summed E-state index contributed by atoms with van der Waals surface area (Å²) in [6.45, 7) is 0. The minimum atomic E-state index is -0.976. The molecule has 0 bridgehead atoms. The van der Waals surface area contributed by atoms with Crippen molar-refractivity contribution in [1.29, 1.82) is 0 Å². The van der Waals surface area contributed by atoms with Crippen LogP contribution in [0.1, 0.15) is 24.8 Å². The number of fused-ring (bicyclic) bond motifs is 2. The van der Waals surface area contributed by atoms with Gasteiger partial charge in [0.25, 0.3) is 0 Å². The van der Waals surface area contributed by atoms with Gasteiger partial charge in [-0.2, -0.15) is 0 Å². The fourth-order valence-corrected chi connectivity index (χ4v) is 3.95. The zero-order valence-electron chi connectivity index (χ0n) is 18.9. The monoisotopic (exact) mass is 471 g/mol. The fraction of sp³-hybridized carbons (Fsp3) is 0.185. The molecule has 4 aromatic rings. The van der Waals surface area contributed by atoms with Crippen LogP contribution in [0.4, 0.5) is 5.69 Å². The van der Waals surface area contributed by atoms with Gasteiger partial charge in [0.05, 0.1) is 0 Å². The van der Waals surface area contributed by atoms with Gasteiger partial charge in [0.2, 0.25) is 11.8 Å². The summed E-state index contributed by atoms with van der Waals surface area (Å²) in [6.07, 6.45) is 0.324. The smallest absolute Gasteiger partial charge is 0.303 e. The van der Waals surface area contributed by atoms with Crippen LogP contribution >= 0.6 is 0 Å². The molecule has 0 spiro atoms. The lowest BCUT2D eigenvalue weighted by molar-refractivity contribution is -0.137. The first-order valence-electron chi connectivity index (χ1n) is 11.3. The first kappa shape index (κ1) is 23.7. The topological polar surface area (TPSA) is 128 Å². The zero-order chi connectivity index (χ0) is 24.8. The second-order valence-electron chi connectivity index (χ2n) is 8.31. The van der Waals surface area contributed by atoms with E-state index >= 15 is 0 Å². The highest BCUT2D eigenvalue weighted by Crippen LogP contribution is 2.19. The van der Waals surface area contributed by atoms with Crippen LogP contribution in [0.5, 0.6) is 0 Å². The lowest BCUT2D eigenvalue weighted by Crippen LogP contribution is -2.45. The number of pyridine rings is 1. The molecule has 0 aliphatic rings. The molecule has 8 heteroatoms. The SMILES string of the molecule is O=C(O)CCCC(=O)N[C@@H](Cc1ccccc1)C(=O)Nc1ccc2[nH]c3ccccc3c(=O)c2c1. The number of benzene rings is 3. The number of carbonyl (C=O) groups is 3. The number of H-pyrrole nitrogens is 1. The number of hydrogen-bond acceptors (Lipinski definition) is 4. The van der Waals surface area contributed by atoms with Crippen molar-refractivity contribution in [2.24, 2.45) is 0 Å². The molecule has 1 heterocycles. The number of para-hydroxylation sites is 1. The van der Waals surface area contributed by atoms with E-state index in [1.807, 2.05) is 42.5 Å². The Morgan fingerprint density at radius 2 is 1.57 bits per heavy atom. The Morgan fingerprint density at radius 1 is 0.857 bits per heavy atom. The molecule has 0 saturated heterocycles. The summed E-state index contributed by atoms with van der Waals surface area (Å²) in [5, 5.41) is 15.3. The van der Waals surface area contributed by atoms with E-state index in [9.17, 15) is 19.2 Å². The Bertz CT molecular complexity index is 1450. The van der Waals surface area contributed by atoms with E-state index in [1.165, 1.54) is 0 Å². The number of aromatic amines is 1. The number of anilines is 1. The van der Waals surface area contributed by atoms with Gasteiger partial charge in [-0.1, -0.05) is 42.5 Å². The largest absolute Gasteiger partial charge is 0.481 e. The molecule has 0 saturated carbocycles. The van der Waals surface area contributed by atoms with Gasteiger partial charge in [-0.05, 0) is 42.3 Å². The van der Waals surface area contributed by atoms with Crippen LogP contribution in [-0.2, 0) is 20.8 Å². The molecular formula is C27H25N3O5. The molecule has 0 unspecified atom stereocenters. The highest BCUT2D eigenvalue weighted by Gasteiger charge is 2.22. The average Bonchev–Trinajstić information content (AvgIpc) is 2.84. The van der Waals surface area contributed by atoms with Crippen molar-refractivity contribution in [3.8, 4) is 0 Å². The second-order valence-corrected chi connectivity index (χ2v) is 8.31. The number of carbonyl (C=O) groups excluding carboxylic acids is 2. The number of carboxylic acid groups (broad SMARTS) is 1. The van der Waals surface area contributed by atoms with Crippen molar-refractivity contribution >= 4 is 45.3 Å². The second kappa shape index (κ2) is 10.6. The molecular weight excluding hydrogens is 446 g/mol. The van der Waals surface area contributed by atoms with Crippen molar-refractivity contribution < 1.29 is 19.5 Å². The number of nitrogens with one attached hydrogen (secondary N) is 3. The van der Waals surface area contributed by atoms with Gasteiger partial charge in [0.1, 0.15) is 6.04 Å². The molecule has 178 valence electrons. The first-order valence-corrected chi connectivity index (χ1v) is 11.3. The summed E-state index contributed by atoms with van der Waals surface area (Å²) in [5.74, 6) is -1.81. The predicted octanol–water partition coefficient (Wildman–Crippen LogP) is 3.60. The Hall–Kier alpha value is -4.46. The zero-order valence-corrected chi connectivity index (χ0v) is 18.9. The van der Waals surface area contributed by atoms with E-state index in [4.69, 9.17) is 5.11 Å². The van der Waals surface area contributed by atoms with Crippen LogP contribution in [0, 0.1) is 0 Å². The molecule has 0 aliphatic carbocycles. The predicted molar refractivity (Wildman–Crippen MR) is 134 cm³/mol. The summed E-state index contributed by atoms with van der Waals surface area (Å²) in [4.78, 5) is 52.5. The Kier molecular flexibility index (Phi) is 7.21. The molecule has 3 aromatic carbocycles. The normalized spacial score (nSPS) is 11.8. The molecule has 8 nitrogen and oxygen atoms in total. The van der Waals surface area contributed by atoms with Gasteiger partial charge in [-0.25, -0.2) is 0 Å². The Morgan fingerprint density at radius 3 is 2.34 bits per heavy atom. The highest BCUT2D eigenvalue weighted by atomic mass is 16.4. The van der Waals surface area contributed by atoms with E-state index in [0.29, 0.717) is 22.0 Å². The molecule has 1 aromatic heterocycles. The first-order chi connectivity index (χ1) is 16.9. The number of hydrogen-bond donors (Lipinski definition) is 4. The third kappa shape index (κ3) is 5.92. The van der Waals surface area contributed by atoms with Crippen LogP contribution in [-0.4, -0.2) is 33.9 Å². The minimum Gasteiger partial charge on any atom is -0.481 e. The van der Waals surface area contributed by atoms with Gasteiger partial charge < -0.3 is 20.7 Å². The third-order valence-electron chi connectivity index (χ3n) is 5.70. The Balaban J connectivity index is 1.55. The van der Waals surface area contributed by atoms with E-state index < -0.39 is 23.8 Å². The molecule has 0 fully saturated rings. The maximum atomic E-state index is 13.2. The van der Waals surface area contributed by atoms with Crippen LogP contribution in [0.25, 0.3) is 21.8 Å². The number of amides is 2. The van der Waals surface area contributed by atoms with E-state index in [2.05, 4.69) is 15.6 Å². The summed E-state index contributed by atoms with van der Waals surface area (Å²) in [5.41, 5.74) is 2.54. The molecule has 0 aliphatic heterocycles. The third-order valence-corrected chi connectivity index (χ3v) is 5.70. The van der Waals surface area contributed by atoms with Crippen LogP contribution < -0.4 is 16.1 Å². The van der Waals surface area contributed by atoms with Crippen LogP contribution in [0.3, 0.4) is 0 Å². The van der Waals surface area contributed by atoms with E-state index in [1.54, 1.807) is 30.3 Å². The van der Waals surface area contributed by atoms with Crippen molar-refractivity contribution in [3.63, 3.8) is 0 Å². The number of rotatable bonds is 9. The quantitative estimate of drug-likeness (QED) is 0.277. The molecule has 0 radical (unpaired) electrons. The van der Waals surface area contributed by atoms with Gasteiger partial charge in [0, 0.05) is 46.8 Å². The summed E-state index contributed by atoms with van der Waals surface area (Å²) >= 11 is 0. The lowest BCUT2D eigenvalue weighted by Gasteiger charge is -2.19. The van der Waals surface area contributed by atoms with Gasteiger partial charge in [-0.15, -0.1) is 0 Å². The highest BCUT2D eigenvalue weighted by molar-refractivity contribution is 6.00. The summed E-state index contributed by atoms with van der Waals surface area (Å²) in [6, 6.07) is 20.7. The number of carboxylic acids is 1. The maximum Gasteiger partial charge on any atom is 0.303 e. The Labute approximate surface area is 201 Å². The molecule has 1 atom stereocenters. The average molecular weight is 472 g/mol. The van der Waals surface area contributed by atoms with E-state index in [-0.39, 0.29) is 31.1 Å². The maximum absolute atomic E-state index is 13.2. The molecule has 4 N–H and O–H groups in total. The van der Waals surface area contributed by atoms with Crippen molar-refractivity contribution in [2.45, 2.75) is 31.7 Å². The number of aliphatic carboxylic acids is 1. The van der Waals surface area contributed by atoms with E-state index in [0.717, 1.165) is 11.1 Å². The minimum absolute atomic E-state index is 0.00327. The lowest BCUT2D eigenvalue weighted by atomic mass is 10.0. The van der Waals surface area contributed by atoms with Crippen LogP contribution in [0.2, 0.25) is 0 Å². The summed E-state index contributed by atoms with van der Waals surface area (Å²) in [7, 11) is 0. The standard InChI is InChI=1S/C27H25N3O5/c31-24(11-6-12-25(32)33)30-23(15-17-7-2-1-3-8-17)27(35)28-18-13-14-22-20(16-18)26(34)19-9-4-5-10-21(19)29-22/h1-5,7-10,13-14,16,23H,6,11-12,15H2,(H,28,35)(H,29,34)(H,30,31)(H,32,33)/t23-/m0/s1. The van der Waals surface area contributed by atoms with Crippen molar-refractivity contribution in [3.05, 3.63) is 88.6 Å². The van der Waals surface area contributed by atoms with Crippen LogP contribution in [0.15, 0.2) is 77.6 Å². The fourth-order valence-electron chi connectivity index (χ4n) is 3.95.